The zero-order valence-corrected chi connectivity index (χ0v) is 12.9. The second-order valence-electron chi connectivity index (χ2n) is 4.24. The van der Waals surface area contributed by atoms with Gasteiger partial charge >= 0.3 is 0 Å². The highest BCUT2D eigenvalue weighted by Crippen LogP contribution is 2.26. The Morgan fingerprint density at radius 1 is 1.32 bits per heavy atom. The number of H-pyrrole nitrogens is 1. The van der Waals surface area contributed by atoms with Gasteiger partial charge in [-0.2, -0.15) is 5.10 Å². The van der Waals surface area contributed by atoms with Crippen LogP contribution in [0.3, 0.4) is 0 Å². The molecule has 0 aliphatic heterocycles. The Kier molecular flexibility index (Phi) is 3.64. The average molecular weight is 300 g/mol. The van der Waals surface area contributed by atoms with E-state index < -0.39 is 10.0 Å². The van der Waals surface area contributed by atoms with Crippen LogP contribution in [0, 0.1) is 20.8 Å². The van der Waals surface area contributed by atoms with Crippen molar-refractivity contribution in [2.24, 2.45) is 0 Å². The third-order valence-corrected chi connectivity index (χ3v) is 5.82. The minimum atomic E-state index is -3.62. The molecule has 2 N–H and O–H groups in total. The molecular weight excluding hydrogens is 284 g/mol. The number of rotatable bonds is 4. The molecule has 2 rings (SSSR count). The number of hydrogen-bond acceptors (Lipinski definition) is 5. The highest BCUT2D eigenvalue weighted by atomic mass is 32.2. The van der Waals surface area contributed by atoms with Crippen molar-refractivity contribution in [3.05, 3.63) is 22.0 Å². The molecule has 0 saturated carbocycles. The van der Waals surface area contributed by atoms with E-state index in [1.807, 2.05) is 13.8 Å². The first kappa shape index (κ1) is 14.0. The predicted molar refractivity (Wildman–Crippen MR) is 75.1 cm³/mol. The number of aryl methyl sites for hydroxylation is 3. The molecule has 0 aliphatic rings. The zero-order chi connectivity index (χ0) is 14.2. The first-order valence-corrected chi connectivity index (χ1v) is 8.15. The van der Waals surface area contributed by atoms with E-state index in [1.165, 1.54) is 0 Å². The van der Waals surface area contributed by atoms with E-state index >= 15 is 0 Å². The van der Waals surface area contributed by atoms with Crippen LogP contribution in [-0.2, 0) is 16.4 Å². The summed E-state index contributed by atoms with van der Waals surface area (Å²) in [5, 5.41) is 7.56. The molecule has 0 amide bonds. The first-order valence-electron chi connectivity index (χ1n) is 5.85. The van der Waals surface area contributed by atoms with Gasteiger partial charge in [-0.3, -0.25) is 9.82 Å². The largest absolute Gasteiger partial charge is 0.280 e. The highest BCUT2D eigenvalue weighted by molar-refractivity contribution is 7.94. The molecule has 2 aromatic heterocycles. The molecule has 8 heteroatoms. The van der Waals surface area contributed by atoms with E-state index in [-0.39, 0.29) is 4.21 Å². The molecule has 0 bridgehead atoms. The van der Waals surface area contributed by atoms with Crippen molar-refractivity contribution >= 4 is 27.2 Å². The van der Waals surface area contributed by atoms with E-state index in [4.69, 9.17) is 0 Å². The van der Waals surface area contributed by atoms with E-state index in [1.54, 1.807) is 13.8 Å². The summed E-state index contributed by atoms with van der Waals surface area (Å²) in [5.74, 6) is 0.349. The normalized spacial score (nSPS) is 11.8. The highest BCUT2D eigenvalue weighted by Gasteiger charge is 2.23. The summed E-state index contributed by atoms with van der Waals surface area (Å²) in [6, 6.07) is 0. The van der Waals surface area contributed by atoms with Crippen molar-refractivity contribution in [3.63, 3.8) is 0 Å². The lowest BCUT2D eigenvalue weighted by atomic mass is 10.2. The van der Waals surface area contributed by atoms with Gasteiger partial charge in [0.25, 0.3) is 10.0 Å². The van der Waals surface area contributed by atoms with Gasteiger partial charge in [0.05, 0.1) is 10.7 Å². The summed E-state index contributed by atoms with van der Waals surface area (Å²) in [6.45, 7) is 7.29. The fourth-order valence-corrected chi connectivity index (χ4v) is 4.36. The molecule has 0 saturated heterocycles. The number of anilines is 1. The molecule has 19 heavy (non-hydrogen) atoms. The third kappa shape index (κ3) is 2.64. The van der Waals surface area contributed by atoms with Gasteiger partial charge in [-0.1, -0.05) is 6.92 Å². The molecule has 104 valence electrons. The first-order chi connectivity index (χ1) is 8.85. The predicted octanol–water partition coefficient (Wildman–Crippen LogP) is 2.15. The molecule has 6 nitrogen and oxygen atoms in total. The van der Waals surface area contributed by atoms with Crippen LogP contribution in [0.1, 0.15) is 28.9 Å². The van der Waals surface area contributed by atoms with Crippen LogP contribution in [0.25, 0.3) is 0 Å². The molecule has 2 aromatic rings. The minimum Gasteiger partial charge on any atom is -0.280 e. The van der Waals surface area contributed by atoms with Gasteiger partial charge in [0.1, 0.15) is 0 Å². The fraction of sp³-hybridized carbons (Fsp3) is 0.455. The van der Waals surface area contributed by atoms with Gasteiger partial charge in [-0.05, 0) is 27.2 Å². The molecule has 0 unspecified atom stereocenters. The standard InChI is InChI=1S/C11H16N4O2S2/c1-5-9-6(2)10(14-13-9)15-19(16,17)11-7(3)12-8(4)18-11/h5H2,1-4H3,(H2,13,14,15). The quantitative estimate of drug-likeness (QED) is 0.905. The van der Waals surface area contributed by atoms with E-state index in [9.17, 15) is 8.42 Å². The van der Waals surface area contributed by atoms with Gasteiger partial charge in [0, 0.05) is 11.3 Å². The number of aromatic amines is 1. The van der Waals surface area contributed by atoms with Crippen molar-refractivity contribution in [1.82, 2.24) is 15.2 Å². The van der Waals surface area contributed by atoms with E-state index in [0.717, 1.165) is 34.0 Å². The Balaban J connectivity index is 2.36. The molecule has 0 spiro atoms. The van der Waals surface area contributed by atoms with Crippen LogP contribution in [0.2, 0.25) is 0 Å². The maximum absolute atomic E-state index is 12.3. The van der Waals surface area contributed by atoms with Crippen molar-refractivity contribution in [3.8, 4) is 0 Å². The van der Waals surface area contributed by atoms with Gasteiger partial charge in [-0.15, -0.1) is 11.3 Å². The molecule has 0 atom stereocenters. The summed E-state index contributed by atoms with van der Waals surface area (Å²) in [4.78, 5) is 4.13. The summed E-state index contributed by atoms with van der Waals surface area (Å²) >= 11 is 1.16. The summed E-state index contributed by atoms with van der Waals surface area (Å²) in [6.07, 6.45) is 0.777. The second kappa shape index (κ2) is 4.93. The van der Waals surface area contributed by atoms with Crippen molar-refractivity contribution < 1.29 is 8.42 Å². The average Bonchev–Trinajstić information content (AvgIpc) is 2.83. The lowest BCUT2D eigenvalue weighted by molar-refractivity contribution is 0.602. The Hall–Kier alpha value is -1.41. The zero-order valence-electron chi connectivity index (χ0n) is 11.2. The topological polar surface area (TPSA) is 87.7 Å². The smallest absolute Gasteiger partial charge is 0.274 e. The summed E-state index contributed by atoms with van der Waals surface area (Å²) < 4.78 is 27.3. The van der Waals surface area contributed by atoms with Crippen LogP contribution in [0.5, 0.6) is 0 Å². The second-order valence-corrected chi connectivity index (χ2v) is 7.32. The lowest BCUT2D eigenvalue weighted by Gasteiger charge is -2.04. The minimum absolute atomic E-state index is 0.241. The number of hydrogen-bond donors (Lipinski definition) is 2. The summed E-state index contributed by atoms with van der Waals surface area (Å²) in [7, 11) is -3.62. The van der Waals surface area contributed by atoms with Crippen molar-refractivity contribution in [2.45, 2.75) is 38.3 Å². The number of sulfonamides is 1. The van der Waals surface area contributed by atoms with Gasteiger partial charge in [-0.25, -0.2) is 13.4 Å². The Morgan fingerprint density at radius 3 is 2.47 bits per heavy atom. The van der Waals surface area contributed by atoms with E-state index in [2.05, 4.69) is 19.9 Å². The maximum atomic E-state index is 12.3. The molecule has 0 fully saturated rings. The third-order valence-electron chi connectivity index (χ3n) is 2.80. The molecular formula is C11H16N4O2S2. The van der Waals surface area contributed by atoms with E-state index in [0.29, 0.717) is 11.5 Å². The lowest BCUT2D eigenvalue weighted by Crippen LogP contribution is -2.13. The van der Waals surface area contributed by atoms with Gasteiger partial charge < -0.3 is 0 Å². The SMILES string of the molecule is CCc1[nH]nc(NS(=O)(=O)c2sc(C)nc2C)c1C. The number of thiazole rings is 1. The summed E-state index contributed by atoms with van der Waals surface area (Å²) in [5.41, 5.74) is 2.26. The number of nitrogens with zero attached hydrogens (tertiary/aromatic N) is 2. The van der Waals surface area contributed by atoms with Crippen LogP contribution >= 0.6 is 11.3 Å². The molecule has 0 radical (unpaired) electrons. The monoisotopic (exact) mass is 300 g/mol. The Morgan fingerprint density at radius 2 is 2.00 bits per heavy atom. The number of aromatic nitrogens is 3. The van der Waals surface area contributed by atoms with Gasteiger partial charge in [0.15, 0.2) is 10.0 Å². The van der Waals surface area contributed by atoms with Gasteiger partial charge in [0.2, 0.25) is 0 Å². The maximum Gasteiger partial charge on any atom is 0.274 e. The Bertz CT molecular complexity index is 700. The molecule has 2 heterocycles. The van der Waals surface area contributed by atoms with Crippen molar-refractivity contribution in [1.29, 1.82) is 0 Å². The van der Waals surface area contributed by atoms with Crippen molar-refractivity contribution in [2.75, 3.05) is 4.72 Å². The number of nitrogens with one attached hydrogen (secondary N) is 2. The fourth-order valence-electron chi connectivity index (χ4n) is 1.81. The Labute approximate surface area is 116 Å². The molecule has 0 aliphatic carbocycles. The van der Waals surface area contributed by atoms with Crippen LogP contribution in [-0.4, -0.2) is 23.6 Å². The van der Waals surface area contributed by atoms with Crippen LogP contribution in [0.4, 0.5) is 5.82 Å². The van der Waals surface area contributed by atoms with Crippen LogP contribution < -0.4 is 4.72 Å². The van der Waals surface area contributed by atoms with Crippen LogP contribution in [0.15, 0.2) is 4.21 Å². The molecule has 0 aromatic carbocycles.